The highest BCUT2D eigenvalue weighted by Crippen LogP contribution is 2.18. The van der Waals surface area contributed by atoms with Gasteiger partial charge >= 0.3 is 6.09 Å². The zero-order chi connectivity index (χ0) is 11.4. The van der Waals surface area contributed by atoms with Crippen LogP contribution in [0.15, 0.2) is 0 Å². The lowest BCUT2D eigenvalue weighted by Gasteiger charge is -2.14. The highest BCUT2D eigenvalue weighted by Gasteiger charge is 2.29. The third kappa shape index (κ3) is 2.86. The molecule has 5 nitrogen and oxygen atoms in total. The van der Waals surface area contributed by atoms with Crippen LogP contribution in [0.5, 0.6) is 0 Å². The van der Waals surface area contributed by atoms with Crippen LogP contribution < -0.4 is 5.73 Å². The van der Waals surface area contributed by atoms with Crippen molar-refractivity contribution in [1.29, 1.82) is 0 Å². The molecule has 0 radical (unpaired) electrons. The smallest absolute Gasteiger partial charge is 0.410 e. The van der Waals surface area contributed by atoms with Crippen molar-refractivity contribution in [3.05, 3.63) is 0 Å². The van der Waals surface area contributed by atoms with E-state index in [-0.39, 0.29) is 12.2 Å². The number of amides is 1. The molecule has 0 aromatic carbocycles. The molecule has 0 saturated carbocycles. The summed E-state index contributed by atoms with van der Waals surface area (Å²) in [5, 5.41) is 0. The highest BCUT2D eigenvalue weighted by atomic mass is 16.6. The van der Waals surface area contributed by atoms with Crippen LogP contribution >= 0.6 is 0 Å². The second-order valence-corrected chi connectivity index (χ2v) is 4.46. The van der Waals surface area contributed by atoms with E-state index in [1.54, 1.807) is 4.90 Å². The first-order valence-corrected chi connectivity index (χ1v) is 6.07. The van der Waals surface area contributed by atoms with Gasteiger partial charge in [0.25, 0.3) is 0 Å². The first-order valence-electron chi connectivity index (χ1n) is 6.07. The van der Waals surface area contributed by atoms with E-state index in [9.17, 15) is 4.79 Å². The second-order valence-electron chi connectivity index (χ2n) is 4.46. The summed E-state index contributed by atoms with van der Waals surface area (Å²) in [4.78, 5) is 13.1. The molecule has 0 bridgehead atoms. The van der Waals surface area contributed by atoms with Crippen LogP contribution in [0.1, 0.15) is 25.7 Å². The average Bonchev–Trinajstić information content (AvgIpc) is 2.89. The molecule has 16 heavy (non-hydrogen) atoms. The van der Waals surface area contributed by atoms with E-state index < -0.39 is 0 Å². The summed E-state index contributed by atoms with van der Waals surface area (Å²) >= 11 is 0. The number of nitrogens with zero attached hydrogens (tertiary/aromatic N) is 1. The van der Waals surface area contributed by atoms with E-state index in [2.05, 4.69) is 0 Å². The van der Waals surface area contributed by atoms with Crippen molar-refractivity contribution in [3.8, 4) is 0 Å². The molecule has 2 N–H and O–H groups in total. The Morgan fingerprint density at radius 1 is 1.44 bits per heavy atom. The maximum atomic E-state index is 11.4. The van der Waals surface area contributed by atoms with Gasteiger partial charge in [0.2, 0.25) is 0 Å². The van der Waals surface area contributed by atoms with E-state index in [1.165, 1.54) is 6.42 Å². The van der Waals surface area contributed by atoms with Gasteiger partial charge in [-0.25, -0.2) is 4.79 Å². The largest absolute Gasteiger partial charge is 0.443 e. The van der Waals surface area contributed by atoms with Gasteiger partial charge in [-0.1, -0.05) is 0 Å². The Bertz CT molecular complexity index is 241. The number of carbonyl (C=O) groups is 1. The summed E-state index contributed by atoms with van der Waals surface area (Å²) in [6.45, 7) is 2.70. The molecule has 2 unspecified atom stereocenters. The Labute approximate surface area is 95.9 Å². The van der Waals surface area contributed by atoms with Crippen LogP contribution in [0.2, 0.25) is 0 Å². The number of cyclic esters (lactones) is 1. The van der Waals surface area contributed by atoms with Gasteiger partial charge in [0.1, 0.15) is 6.10 Å². The van der Waals surface area contributed by atoms with Crippen molar-refractivity contribution in [3.63, 3.8) is 0 Å². The van der Waals surface area contributed by atoms with E-state index in [1.807, 2.05) is 0 Å². The first kappa shape index (κ1) is 11.7. The zero-order valence-corrected chi connectivity index (χ0v) is 9.56. The van der Waals surface area contributed by atoms with E-state index in [0.717, 1.165) is 32.4 Å². The lowest BCUT2D eigenvalue weighted by atomic mass is 10.1. The van der Waals surface area contributed by atoms with Crippen molar-refractivity contribution in [1.82, 2.24) is 4.90 Å². The van der Waals surface area contributed by atoms with Gasteiger partial charge in [-0.2, -0.15) is 0 Å². The quantitative estimate of drug-likeness (QED) is 0.753. The molecular formula is C11H20N2O3. The average molecular weight is 228 g/mol. The Balaban J connectivity index is 1.64. The number of carbonyl (C=O) groups excluding carboxylic acids is 1. The van der Waals surface area contributed by atoms with E-state index >= 15 is 0 Å². The molecule has 2 atom stereocenters. The maximum absolute atomic E-state index is 11.4. The van der Waals surface area contributed by atoms with Crippen LogP contribution in [-0.4, -0.2) is 49.4 Å². The van der Waals surface area contributed by atoms with Crippen molar-refractivity contribution in [2.24, 2.45) is 5.73 Å². The molecule has 2 saturated heterocycles. The highest BCUT2D eigenvalue weighted by molar-refractivity contribution is 5.69. The van der Waals surface area contributed by atoms with Crippen molar-refractivity contribution in [2.45, 2.75) is 37.9 Å². The molecule has 2 aliphatic rings. The minimum atomic E-state index is -0.220. The Morgan fingerprint density at radius 3 is 2.94 bits per heavy atom. The van der Waals surface area contributed by atoms with Gasteiger partial charge in [0.05, 0.1) is 12.6 Å². The SMILES string of the molecule is NCC1CN(CCCC2CCCO2)C(=O)O1. The van der Waals surface area contributed by atoms with Gasteiger partial charge in [0, 0.05) is 19.7 Å². The molecule has 2 heterocycles. The molecule has 0 aliphatic carbocycles. The third-order valence-corrected chi connectivity index (χ3v) is 3.19. The summed E-state index contributed by atoms with van der Waals surface area (Å²) < 4.78 is 10.6. The topological polar surface area (TPSA) is 64.8 Å². The molecule has 5 heteroatoms. The van der Waals surface area contributed by atoms with Crippen LogP contribution in [0.3, 0.4) is 0 Å². The molecule has 0 spiro atoms. The molecule has 2 fully saturated rings. The Morgan fingerprint density at radius 2 is 2.31 bits per heavy atom. The Hall–Kier alpha value is -0.810. The fraction of sp³-hybridized carbons (Fsp3) is 0.909. The summed E-state index contributed by atoms with van der Waals surface area (Å²) in [7, 11) is 0. The maximum Gasteiger partial charge on any atom is 0.410 e. The Kier molecular flexibility index (Phi) is 4.01. The fourth-order valence-corrected chi connectivity index (χ4v) is 2.26. The number of nitrogens with two attached hydrogens (primary N) is 1. The van der Waals surface area contributed by atoms with Crippen LogP contribution in [-0.2, 0) is 9.47 Å². The number of ether oxygens (including phenoxy) is 2. The lowest BCUT2D eigenvalue weighted by Crippen LogP contribution is -2.29. The molecule has 0 aromatic heterocycles. The second kappa shape index (κ2) is 5.50. The summed E-state index contributed by atoms with van der Waals surface area (Å²) in [5.41, 5.74) is 5.46. The molecule has 2 rings (SSSR count). The predicted octanol–water partition coefficient (Wildman–Crippen LogP) is 0.725. The fourth-order valence-electron chi connectivity index (χ4n) is 2.26. The van der Waals surface area contributed by atoms with Gasteiger partial charge in [0.15, 0.2) is 0 Å². The molecule has 0 aromatic rings. The van der Waals surface area contributed by atoms with Crippen molar-refractivity contribution >= 4 is 6.09 Å². The predicted molar refractivity (Wildman–Crippen MR) is 59.1 cm³/mol. The van der Waals surface area contributed by atoms with Gasteiger partial charge < -0.3 is 20.1 Å². The zero-order valence-electron chi connectivity index (χ0n) is 9.56. The van der Waals surface area contributed by atoms with Gasteiger partial charge in [-0.3, -0.25) is 0 Å². The van der Waals surface area contributed by atoms with Crippen molar-refractivity contribution in [2.75, 3.05) is 26.2 Å². The number of hydrogen-bond donors (Lipinski definition) is 1. The monoisotopic (exact) mass is 228 g/mol. The van der Waals surface area contributed by atoms with Crippen LogP contribution in [0.25, 0.3) is 0 Å². The number of rotatable bonds is 5. The van der Waals surface area contributed by atoms with E-state index in [4.69, 9.17) is 15.2 Å². The van der Waals surface area contributed by atoms with E-state index in [0.29, 0.717) is 19.2 Å². The standard InChI is InChI=1S/C11H20N2O3/c12-7-10-8-13(11(14)16-10)5-1-3-9-4-2-6-15-9/h9-10H,1-8,12H2. The summed E-state index contributed by atoms with van der Waals surface area (Å²) in [6, 6.07) is 0. The molecular weight excluding hydrogens is 208 g/mol. The van der Waals surface area contributed by atoms with Gasteiger partial charge in [-0.15, -0.1) is 0 Å². The minimum absolute atomic E-state index is 0.116. The van der Waals surface area contributed by atoms with Crippen molar-refractivity contribution < 1.29 is 14.3 Å². The van der Waals surface area contributed by atoms with Gasteiger partial charge in [-0.05, 0) is 25.7 Å². The number of hydrogen-bond acceptors (Lipinski definition) is 4. The van der Waals surface area contributed by atoms with Crippen LogP contribution in [0.4, 0.5) is 4.79 Å². The normalized spacial score (nSPS) is 29.8. The van der Waals surface area contributed by atoms with Crippen LogP contribution in [0, 0.1) is 0 Å². The summed E-state index contributed by atoms with van der Waals surface area (Å²) in [5.74, 6) is 0. The first-order chi connectivity index (χ1) is 7.79. The third-order valence-electron chi connectivity index (χ3n) is 3.19. The molecule has 2 aliphatic heterocycles. The minimum Gasteiger partial charge on any atom is -0.443 e. The molecule has 92 valence electrons. The molecule has 1 amide bonds. The summed E-state index contributed by atoms with van der Waals surface area (Å²) in [6.07, 6.45) is 4.43. The lowest BCUT2D eigenvalue weighted by molar-refractivity contribution is 0.0994.